The molecule has 2 rings (SSSR count). The number of carbonyl (C=O) groups is 2. The fourth-order valence-electron chi connectivity index (χ4n) is 3.85. The number of nitrogens with zero attached hydrogens (tertiary/aromatic N) is 2. The highest BCUT2D eigenvalue weighted by Crippen LogP contribution is 2.30. The van der Waals surface area contributed by atoms with Gasteiger partial charge in [0.2, 0.25) is 11.8 Å². The van der Waals surface area contributed by atoms with Gasteiger partial charge < -0.3 is 24.6 Å². The maximum absolute atomic E-state index is 12.2. The van der Waals surface area contributed by atoms with Crippen molar-refractivity contribution >= 4 is 11.8 Å². The van der Waals surface area contributed by atoms with Gasteiger partial charge in [0.15, 0.2) is 0 Å². The molecule has 2 fully saturated rings. The first-order valence-electron chi connectivity index (χ1n) is 9.85. The van der Waals surface area contributed by atoms with Crippen molar-refractivity contribution in [1.29, 1.82) is 0 Å². The van der Waals surface area contributed by atoms with E-state index in [0.717, 1.165) is 58.5 Å². The Morgan fingerprint density at radius 2 is 1.73 bits per heavy atom. The molecule has 0 aromatic carbocycles. The number of carbonyl (C=O) groups excluding carboxylic acids is 2. The average Bonchev–Trinajstić information content (AvgIpc) is 2.90. The van der Waals surface area contributed by atoms with E-state index in [2.05, 4.69) is 24.3 Å². The fourth-order valence-corrected chi connectivity index (χ4v) is 3.85. The van der Waals surface area contributed by atoms with Crippen molar-refractivity contribution in [3.8, 4) is 0 Å². The number of rotatable bonds is 8. The monoisotopic (exact) mass is 369 g/mol. The van der Waals surface area contributed by atoms with Crippen LogP contribution < -0.4 is 5.32 Å². The maximum Gasteiger partial charge on any atom is 0.248 e. The molecule has 2 amide bonds. The molecule has 150 valence electrons. The molecule has 26 heavy (non-hydrogen) atoms. The largest absolute Gasteiger partial charge is 0.381 e. The Kier molecular flexibility index (Phi) is 8.81. The van der Waals surface area contributed by atoms with Gasteiger partial charge in [-0.25, -0.2) is 0 Å². The fraction of sp³-hybridized carbons (Fsp3) is 0.895. The molecular weight excluding hydrogens is 334 g/mol. The van der Waals surface area contributed by atoms with Crippen LogP contribution in [0.4, 0.5) is 0 Å². The molecule has 1 N–H and O–H groups in total. The summed E-state index contributed by atoms with van der Waals surface area (Å²) in [6.45, 7) is 4.57. The van der Waals surface area contributed by atoms with Crippen LogP contribution in [0.5, 0.6) is 0 Å². The van der Waals surface area contributed by atoms with Crippen LogP contribution in [0.3, 0.4) is 0 Å². The minimum absolute atomic E-state index is 0.00629. The zero-order valence-electron chi connectivity index (χ0n) is 16.4. The van der Waals surface area contributed by atoms with Crippen molar-refractivity contribution in [3.05, 3.63) is 0 Å². The van der Waals surface area contributed by atoms with Crippen LogP contribution in [0.25, 0.3) is 0 Å². The Hall–Kier alpha value is -1.18. The quantitative estimate of drug-likeness (QED) is 0.688. The first-order chi connectivity index (χ1) is 12.5. The van der Waals surface area contributed by atoms with Crippen molar-refractivity contribution < 1.29 is 19.1 Å². The predicted octanol–water partition coefficient (Wildman–Crippen LogP) is 0.880. The molecule has 0 saturated carbocycles. The summed E-state index contributed by atoms with van der Waals surface area (Å²) in [6.07, 6.45) is 6.38. The van der Waals surface area contributed by atoms with Crippen molar-refractivity contribution in [1.82, 2.24) is 15.1 Å². The molecule has 2 heterocycles. The number of ether oxygens (including phenoxy) is 2. The Balaban J connectivity index is 1.68. The molecule has 0 aromatic heterocycles. The minimum Gasteiger partial charge on any atom is -0.381 e. The summed E-state index contributed by atoms with van der Waals surface area (Å²) in [5, 5.41) is 2.99. The van der Waals surface area contributed by atoms with Crippen molar-refractivity contribution in [2.24, 2.45) is 5.41 Å². The lowest BCUT2D eigenvalue weighted by molar-refractivity contribution is -0.138. The molecule has 0 unspecified atom stereocenters. The van der Waals surface area contributed by atoms with Gasteiger partial charge in [-0.15, -0.1) is 0 Å². The average molecular weight is 370 g/mol. The van der Waals surface area contributed by atoms with Gasteiger partial charge in [0, 0.05) is 44.8 Å². The summed E-state index contributed by atoms with van der Waals surface area (Å²) in [4.78, 5) is 28.3. The number of amides is 2. The summed E-state index contributed by atoms with van der Waals surface area (Å²) in [5.74, 6) is -0.161. The van der Waals surface area contributed by atoms with E-state index in [0.29, 0.717) is 6.54 Å². The van der Waals surface area contributed by atoms with E-state index >= 15 is 0 Å². The van der Waals surface area contributed by atoms with Gasteiger partial charge in [0.25, 0.3) is 0 Å². The smallest absolute Gasteiger partial charge is 0.248 e. The van der Waals surface area contributed by atoms with Gasteiger partial charge in [0.05, 0.1) is 0 Å². The van der Waals surface area contributed by atoms with E-state index in [-0.39, 0.29) is 30.4 Å². The Bertz CT molecular complexity index is 442. The molecule has 0 spiro atoms. The molecule has 0 radical (unpaired) electrons. The minimum atomic E-state index is -0.154. The Morgan fingerprint density at radius 3 is 2.35 bits per heavy atom. The standard InChI is InChI=1S/C19H35N3O4/c1-21(2)16-19(7-11-25-12-8-19)15-20-17(23)13-26-14-18(24)22-9-5-3-4-6-10-22/h3-16H2,1-2H3,(H,20,23). The van der Waals surface area contributed by atoms with E-state index in [1.165, 1.54) is 12.8 Å². The summed E-state index contributed by atoms with van der Waals surface area (Å²) in [6, 6.07) is 0. The van der Waals surface area contributed by atoms with Crippen LogP contribution in [-0.2, 0) is 19.1 Å². The lowest BCUT2D eigenvalue weighted by atomic mass is 9.79. The summed E-state index contributed by atoms with van der Waals surface area (Å²) < 4.78 is 10.8. The second-order valence-corrected chi connectivity index (χ2v) is 7.91. The van der Waals surface area contributed by atoms with Gasteiger partial charge in [0.1, 0.15) is 13.2 Å². The van der Waals surface area contributed by atoms with Crippen LogP contribution in [0.15, 0.2) is 0 Å². The third-order valence-electron chi connectivity index (χ3n) is 5.28. The first-order valence-corrected chi connectivity index (χ1v) is 9.85. The first kappa shape index (κ1) is 21.1. The third kappa shape index (κ3) is 7.21. The predicted molar refractivity (Wildman–Crippen MR) is 99.9 cm³/mol. The molecule has 0 aromatic rings. The molecule has 0 bridgehead atoms. The molecule has 7 nitrogen and oxygen atoms in total. The number of nitrogens with one attached hydrogen (secondary N) is 1. The lowest BCUT2D eigenvalue weighted by Crippen LogP contribution is -2.47. The highest BCUT2D eigenvalue weighted by molar-refractivity contribution is 5.79. The van der Waals surface area contributed by atoms with Gasteiger partial charge in [-0.1, -0.05) is 12.8 Å². The van der Waals surface area contributed by atoms with Crippen LogP contribution in [-0.4, -0.2) is 88.3 Å². The summed E-state index contributed by atoms with van der Waals surface area (Å²) in [7, 11) is 4.10. The van der Waals surface area contributed by atoms with Gasteiger partial charge in [-0.2, -0.15) is 0 Å². The molecule has 0 atom stereocenters. The van der Waals surface area contributed by atoms with Crippen LogP contribution in [0.2, 0.25) is 0 Å². The molecule has 2 aliphatic heterocycles. The molecular formula is C19H35N3O4. The van der Waals surface area contributed by atoms with Crippen molar-refractivity contribution in [3.63, 3.8) is 0 Å². The van der Waals surface area contributed by atoms with Gasteiger partial charge in [-0.05, 0) is 39.8 Å². The topological polar surface area (TPSA) is 71.1 Å². The third-order valence-corrected chi connectivity index (χ3v) is 5.28. The van der Waals surface area contributed by atoms with E-state index in [9.17, 15) is 9.59 Å². The molecule has 2 saturated heterocycles. The number of hydrogen-bond acceptors (Lipinski definition) is 5. The van der Waals surface area contributed by atoms with Gasteiger partial charge in [-0.3, -0.25) is 9.59 Å². The molecule has 2 aliphatic rings. The zero-order chi connectivity index (χ0) is 18.8. The summed E-state index contributed by atoms with van der Waals surface area (Å²) >= 11 is 0. The van der Waals surface area contributed by atoms with Crippen LogP contribution in [0.1, 0.15) is 38.5 Å². The second kappa shape index (κ2) is 10.8. The number of hydrogen-bond donors (Lipinski definition) is 1. The Labute approximate surface area is 157 Å². The number of likely N-dealkylation sites (tertiary alicyclic amines) is 1. The van der Waals surface area contributed by atoms with E-state index in [4.69, 9.17) is 9.47 Å². The maximum atomic E-state index is 12.2. The molecule has 0 aliphatic carbocycles. The normalized spacial score (nSPS) is 20.7. The van der Waals surface area contributed by atoms with Crippen molar-refractivity contribution in [2.45, 2.75) is 38.5 Å². The zero-order valence-corrected chi connectivity index (χ0v) is 16.4. The molecule has 7 heteroatoms. The van der Waals surface area contributed by atoms with Crippen LogP contribution in [0, 0.1) is 5.41 Å². The van der Waals surface area contributed by atoms with E-state index in [1.807, 2.05) is 4.90 Å². The second-order valence-electron chi connectivity index (χ2n) is 7.91. The van der Waals surface area contributed by atoms with E-state index in [1.54, 1.807) is 0 Å². The lowest BCUT2D eigenvalue weighted by Gasteiger charge is -2.39. The van der Waals surface area contributed by atoms with Crippen LogP contribution >= 0.6 is 0 Å². The highest BCUT2D eigenvalue weighted by Gasteiger charge is 2.33. The SMILES string of the molecule is CN(C)CC1(CNC(=O)COCC(=O)N2CCCCCC2)CCOCC1. The van der Waals surface area contributed by atoms with Crippen molar-refractivity contribution in [2.75, 3.05) is 66.7 Å². The van der Waals surface area contributed by atoms with Gasteiger partial charge >= 0.3 is 0 Å². The summed E-state index contributed by atoms with van der Waals surface area (Å²) in [5.41, 5.74) is 0.0548. The Morgan fingerprint density at radius 1 is 1.08 bits per heavy atom. The highest BCUT2D eigenvalue weighted by atomic mass is 16.5. The van der Waals surface area contributed by atoms with E-state index < -0.39 is 0 Å².